The van der Waals surface area contributed by atoms with Crippen molar-refractivity contribution in [3.8, 4) is 0 Å². The fourth-order valence-corrected chi connectivity index (χ4v) is 1.99. The fourth-order valence-electron chi connectivity index (χ4n) is 1.66. The van der Waals surface area contributed by atoms with Crippen LogP contribution in [0.2, 0.25) is 0 Å². The minimum Gasteiger partial charge on any atom is -0.309 e. The topological polar surface area (TPSA) is 29.1 Å². The van der Waals surface area contributed by atoms with E-state index >= 15 is 0 Å². The summed E-state index contributed by atoms with van der Waals surface area (Å²) in [4.78, 5) is 0. The second kappa shape index (κ2) is 6.87. The molecule has 96 valence electrons. The lowest BCUT2D eigenvalue weighted by Gasteiger charge is -2.20. The summed E-state index contributed by atoms with van der Waals surface area (Å²) in [7, 11) is -0.847. The summed E-state index contributed by atoms with van der Waals surface area (Å²) in [5.41, 5.74) is 0.684. The van der Waals surface area contributed by atoms with Crippen molar-refractivity contribution in [3.05, 3.63) is 35.6 Å². The summed E-state index contributed by atoms with van der Waals surface area (Å²) in [5.74, 6) is -0.183. The average molecular weight is 257 g/mol. The van der Waals surface area contributed by atoms with Crippen LogP contribution in [-0.2, 0) is 10.8 Å². The Morgan fingerprint density at radius 3 is 2.59 bits per heavy atom. The molecule has 0 aliphatic rings. The van der Waals surface area contributed by atoms with Crippen LogP contribution >= 0.6 is 0 Å². The van der Waals surface area contributed by atoms with Crippen LogP contribution in [0.1, 0.15) is 31.9 Å². The van der Waals surface area contributed by atoms with Crippen molar-refractivity contribution in [2.24, 2.45) is 0 Å². The molecule has 0 spiro atoms. The van der Waals surface area contributed by atoms with Gasteiger partial charge in [-0.05, 0) is 19.4 Å². The van der Waals surface area contributed by atoms with Crippen LogP contribution in [0, 0.1) is 5.82 Å². The lowest BCUT2D eigenvalue weighted by atomic mass is 10.0. The van der Waals surface area contributed by atoms with Gasteiger partial charge in [0.05, 0.1) is 0 Å². The molecule has 17 heavy (non-hydrogen) atoms. The smallest absolute Gasteiger partial charge is 0.127 e. The maximum Gasteiger partial charge on any atom is 0.127 e. The molecule has 1 aromatic rings. The molecule has 3 atom stereocenters. The standard InChI is InChI=1S/C13H20FNOS/c1-4-13(15-9-10(2)17(3)16)11-7-5-6-8-12(11)14/h5-8,10,13,15H,4,9H2,1-3H3/t10-,13+,17+/m1/s1. The molecule has 0 saturated carbocycles. The highest BCUT2D eigenvalue weighted by Crippen LogP contribution is 2.19. The molecule has 0 aliphatic heterocycles. The number of hydrogen-bond acceptors (Lipinski definition) is 2. The van der Waals surface area contributed by atoms with Crippen LogP contribution in [-0.4, -0.2) is 22.3 Å². The molecule has 0 radical (unpaired) electrons. The molecule has 4 heteroatoms. The second-order valence-corrected chi connectivity index (χ2v) is 6.00. The van der Waals surface area contributed by atoms with Crippen LogP contribution in [0.5, 0.6) is 0 Å². The van der Waals surface area contributed by atoms with E-state index in [1.165, 1.54) is 6.07 Å². The lowest BCUT2D eigenvalue weighted by molar-refractivity contribution is 0.489. The van der Waals surface area contributed by atoms with Crippen molar-refractivity contribution in [2.75, 3.05) is 12.8 Å². The van der Waals surface area contributed by atoms with Crippen molar-refractivity contribution in [1.82, 2.24) is 5.32 Å². The highest BCUT2D eigenvalue weighted by atomic mass is 32.2. The SMILES string of the molecule is CC[C@H](NC[C@@H](C)[S@](C)=O)c1ccccc1F. The minimum absolute atomic E-state index is 0.0119. The van der Waals surface area contributed by atoms with E-state index in [9.17, 15) is 8.60 Å². The molecule has 0 unspecified atom stereocenters. The fraction of sp³-hybridized carbons (Fsp3) is 0.538. The molecule has 1 aromatic carbocycles. The van der Waals surface area contributed by atoms with E-state index in [4.69, 9.17) is 0 Å². The first-order valence-corrected chi connectivity index (χ1v) is 7.48. The predicted octanol–water partition coefficient (Wildman–Crippen LogP) is 2.63. The Labute approximate surface area is 105 Å². The Bertz CT molecular complexity index is 383. The Hall–Kier alpha value is -0.740. The maximum absolute atomic E-state index is 13.6. The molecule has 0 bridgehead atoms. The second-order valence-electron chi connectivity index (χ2n) is 4.20. The van der Waals surface area contributed by atoms with Gasteiger partial charge in [0.25, 0.3) is 0 Å². The van der Waals surface area contributed by atoms with Crippen LogP contribution in [0.3, 0.4) is 0 Å². The molecular weight excluding hydrogens is 237 g/mol. The number of hydrogen-bond donors (Lipinski definition) is 1. The lowest BCUT2D eigenvalue weighted by Crippen LogP contribution is -2.31. The third kappa shape index (κ3) is 4.21. The van der Waals surface area contributed by atoms with Gasteiger partial charge in [-0.15, -0.1) is 0 Å². The van der Waals surface area contributed by atoms with Crippen LogP contribution in [0.15, 0.2) is 24.3 Å². The van der Waals surface area contributed by atoms with E-state index in [0.29, 0.717) is 12.1 Å². The van der Waals surface area contributed by atoms with Crippen LogP contribution in [0.4, 0.5) is 4.39 Å². The molecule has 0 fully saturated rings. The number of halogens is 1. The van der Waals surface area contributed by atoms with Gasteiger partial charge < -0.3 is 5.32 Å². The first kappa shape index (κ1) is 14.3. The van der Waals surface area contributed by atoms with Gasteiger partial charge in [-0.1, -0.05) is 25.1 Å². The summed E-state index contributed by atoms with van der Waals surface area (Å²) in [6.45, 7) is 4.57. The summed E-state index contributed by atoms with van der Waals surface area (Å²) >= 11 is 0. The van der Waals surface area contributed by atoms with Gasteiger partial charge in [-0.3, -0.25) is 4.21 Å². The van der Waals surface area contributed by atoms with Crippen molar-refractivity contribution >= 4 is 10.8 Å². The van der Waals surface area contributed by atoms with E-state index in [-0.39, 0.29) is 17.1 Å². The molecular formula is C13H20FNOS. The first-order chi connectivity index (χ1) is 8.06. The van der Waals surface area contributed by atoms with Gasteiger partial charge >= 0.3 is 0 Å². The van der Waals surface area contributed by atoms with E-state index in [2.05, 4.69) is 5.32 Å². The highest BCUT2D eigenvalue weighted by Gasteiger charge is 2.14. The van der Waals surface area contributed by atoms with Gasteiger partial charge in [-0.2, -0.15) is 0 Å². The Kier molecular flexibility index (Phi) is 5.78. The minimum atomic E-state index is -0.847. The van der Waals surface area contributed by atoms with Gasteiger partial charge in [0.2, 0.25) is 0 Å². The van der Waals surface area contributed by atoms with Crippen molar-refractivity contribution < 1.29 is 8.60 Å². The van der Waals surface area contributed by atoms with Gasteiger partial charge in [-0.25, -0.2) is 4.39 Å². The van der Waals surface area contributed by atoms with E-state index in [1.54, 1.807) is 18.4 Å². The third-order valence-corrected chi connectivity index (χ3v) is 4.21. The predicted molar refractivity (Wildman–Crippen MR) is 71.0 cm³/mol. The van der Waals surface area contributed by atoms with Gasteiger partial charge in [0.15, 0.2) is 0 Å². The molecule has 0 heterocycles. The van der Waals surface area contributed by atoms with E-state index in [1.807, 2.05) is 19.9 Å². The molecule has 0 aliphatic carbocycles. The summed E-state index contributed by atoms with van der Waals surface area (Å²) in [6.07, 6.45) is 2.50. The van der Waals surface area contributed by atoms with Gasteiger partial charge in [0, 0.05) is 40.5 Å². The maximum atomic E-state index is 13.6. The zero-order valence-corrected chi connectivity index (χ0v) is 11.4. The quantitative estimate of drug-likeness (QED) is 0.849. The normalized spacial score (nSPS) is 16.5. The van der Waals surface area contributed by atoms with Crippen LogP contribution in [0.25, 0.3) is 0 Å². The van der Waals surface area contributed by atoms with Crippen molar-refractivity contribution in [3.63, 3.8) is 0 Å². The van der Waals surface area contributed by atoms with Crippen molar-refractivity contribution in [2.45, 2.75) is 31.6 Å². The number of nitrogens with one attached hydrogen (secondary N) is 1. The summed E-state index contributed by atoms with van der Waals surface area (Å²) in [5, 5.41) is 3.35. The third-order valence-electron chi connectivity index (χ3n) is 2.91. The Balaban J connectivity index is 2.67. The number of benzene rings is 1. The number of rotatable bonds is 6. The molecule has 2 nitrogen and oxygen atoms in total. The molecule has 1 N–H and O–H groups in total. The van der Waals surface area contributed by atoms with Crippen LogP contribution < -0.4 is 5.32 Å². The largest absolute Gasteiger partial charge is 0.309 e. The first-order valence-electron chi connectivity index (χ1n) is 5.86. The zero-order chi connectivity index (χ0) is 12.8. The molecule has 1 rings (SSSR count). The van der Waals surface area contributed by atoms with Gasteiger partial charge in [0.1, 0.15) is 5.82 Å². The summed E-state index contributed by atoms with van der Waals surface area (Å²) in [6, 6.07) is 6.78. The van der Waals surface area contributed by atoms with E-state index < -0.39 is 10.8 Å². The zero-order valence-electron chi connectivity index (χ0n) is 10.6. The monoisotopic (exact) mass is 257 g/mol. The highest BCUT2D eigenvalue weighted by molar-refractivity contribution is 7.84. The van der Waals surface area contributed by atoms with Crippen molar-refractivity contribution in [1.29, 1.82) is 0 Å². The average Bonchev–Trinajstić information content (AvgIpc) is 2.31. The molecule has 0 amide bonds. The molecule has 0 aromatic heterocycles. The molecule has 0 saturated heterocycles. The van der Waals surface area contributed by atoms with E-state index in [0.717, 1.165) is 6.42 Å². The Morgan fingerprint density at radius 1 is 1.41 bits per heavy atom. The summed E-state index contributed by atoms with van der Waals surface area (Å²) < 4.78 is 24.9. The Morgan fingerprint density at radius 2 is 2.06 bits per heavy atom.